The molecule has 0 aromatic heterocycles. The van der Waals surface area contributed by atoms with Gasteiger partial charge in [0.2, 0.25) is 0 Å². The van der Waals surface area contributed by atoms with Gasteiger partial charge in [-0.15, -0.1) is 11.8 Å². The number of halogens is 3. The Morgan fingerprint density at radius 3 is 2.54 bits per heavy atom. The number of alkyl halides is 3. The zero-order valence-corrected chi connectivity index (χ0v) is 14.7. The first-order chi connectivity index (χ1) is 12.4. The fraction of sp³-hybridized carbons (Fsp3) is 0.278. The quantitative estimate of drug-likeness (QED) is 0.529. The van der Waals surface area contributed by atoms with E-state index in [1.807, 2.05) is 30.3 Å². The molecule has 2 amide bonds. The second kappa shape index (κ2) is 9.96. The van der Waals surface area contributed by atoms with Crippen LogP contribution >= 0.6 is 11.8 Å². The van der Waals surface area contributed by atoms with Crippen molar-refractivity contribution >= 4 is 17.8 Å². The summed E-state index contributed by atoms with van der Waals surface area (Å²) >= 11 is 1.64. The van der Waals surface area contributed by atoms with Gasteiger partial charge in [0, 0.05) is 23.7 Å². The van der Waals surface area contributed by atoms with Crippen LogP contribution in [0.3, 0.4) is 0 Å². The maximum Gasteiger partial charge on any atom is 0.422 e. The maximum atomic E-state index is 12.2. The number of ether oxygens (including phenoxy) is 1. The number of rotatable bonds is 8. The van der Waals surface area contributed by atoms with Gasteiger partial charge in [-0.2, -0.15) is 13.2 Å². The van der Waals surface area contributed by atoms with Gasteiger partial charge in [0.1, 0.15) is 5.75 Å². The molecule has 140 valence electrons. The van der Waals surface area contributed by atoms with E-state index in [4.69, 9.17) is 0 Å². The molecule has 0 bridgehead atoms. The fourth-order valence-corrected chi connectivity index (χ4v) is 2.79. The van der Waals surface area contributed by atoms with Gasteiger partial charge < -0.3 is 15.4 Å². The highest BCUT2D eigenvalue weighted by Gasteiger charge is 2.28. The number of amides is 2. The molecule has 2 aromatic rings. The van der Waals surface area contributed by atoms with E-state index in [1.165, 1.54) is 12.1 Å². The standard InChI is InChI=1S/C18H19F3N2O2S/c19-18(20,21)13-25-15-6-4-5-14(11-15)12-23-17(24)22-9-10-26-16-7-2-1-3-8-16/h1-8,11H,9-10,12-13H2,(H2,22,23,24). The number of hydrogen-bond donors (Lipinski definition) is 2. The molecule has 0 aliphatic rings. The highest BCUT2D eigenvalue weighted by atomic mass is 32.2. The van der Waals surface area contributed by atoms with E-state index in [1.54, 1.807) is 23.9 Å². The van der Waals surface area contributed by atoms with Crippen molar-refractivity contribution in [2.45, 2.75) is 17.6 Å². The van der Waals surface area contributed by atoms with Crippen LogP contribution in [0.15, 0.2) is 59.5 Å². The monoisotopic (exact) mass is 384 g/mol. The van der Waals surface area contributed by atoms with Crippen LogP contribution in [0.4, 0.5) is 18.0 Å². The molecule has 0 unspecified atom stereocenters. The second-order valence-corrected chi connectivity index (χ2v) is 6.49. The first-order valence-corrected chi connectivity index (χ1v) is 8.89. The summed E-state index contributed by atoms with van der Waals surface area (Å²) in [5, 5.41) is 5.39. The molecule has 0 saturated carbocycles. The van der Waals surface area contributed by atoms with Gasteiger partial charge in [0.25, 0.3) is 0 Å². The number of thioether (sulfide) groups is 1. The molecule has 2 aromatic carbocycles. The van der Waals surface area contributed by atoms with Crippen molar-refractivity contribution in [2.75, 3.05) is 18.9 Å². The molecule has 2 N–H and O–H groups in total. The van der Waals surface area contributed by atoms with Gasteiger partial charge in [0.15, 0.2) is 6.61 Å². The predicted molar refractivity (Wildman–Crippen MR) is 95.4 cm³/mol. The van der Waals surface area contributed by atoms with Crippen LogP contribution in [0.2, 0.25) is 0 Å². The van der Waals surface area contributed by atoms with Crippen LogP contribution in [0.5, 0.6) is 5.75 Å². The summed E-state index contributed by atoms with van der Waals surface area (Å²) in [7, 11) is 0. The second-order valence-electron chi connectivity index (χ2n) is 5.32. The lowest BCUT2D eigenvalue weighted by Crippen LogP contribution is -2.36. The summed E-state index contributed by atoms with van der Waals surface area (Å²) < 4.78 is 41.2. The van der Waals surface area contributed by atoms with Crippen molar-refractivity contribution in [3.8, 4) is 5.75 Å². The molecule has 4 nitrogen and oxygen atoms in total. The molecule has 0 spiro atoms. The van der Waals surface area contributed by atoms with Gasteiger partial charge in [-0.05, 0) is 29.8 Å². The number of hydrogen-bond acceptors (Lipinski definition) is 3. The van der Waals surface area contributed by atoms with E-state index in [0.717, 1.165) is 10.6 Å². The largest absolute Gasteiger partial charge is 0.484 e. The number of carbonyl (C=O) groups excluding carboxylic acids is 1. The van der Waals surface area contributed by atoms with Crippen LogP contribution < -0.4 is 15.4 Å². The summed E-state index contributed by atoms with van der Waals surface area (Å²) in [5.41, 5.74) is 0.651. The van der Waals surface area contributed by atoms with E-state index < -0.39 is 12.8 Å². The summed E-state index contributed by atoms with van der Waals surface area (Å²) in [4.78, 5) is 12.9. The number of benzene rings is 2. The van der Waals surface area contributed by atoms with Crippen molar-refractivity contribution in [3.63, 3.8) is 0 Å². The molecule has 0 heterocycles. The Hall–Kier alpha value is -2.35. The zero-order chi connectivity index (χ0) is 18.8. The first kappa shape index (κ1) is 20.0. The molecular formula is C18H19F3N2O2S. The van der Waals surface area contributed by atoms with Gasteiger partial charge in [0.05, 0.1) is 0 Å². The minimum atomic E-state index is -4.38. The highest BCUT2D eigenvalue weighted by molar-refractivity contribution is 7.99. The minimum Gasteiger partial charge on any atom is -0.484 e. The Morgan fingerprint density at radius 2 is 1.81 bits per heavy atom. The molecule has 8 heteroatoms. The Bertz CT molecular complexity index is 696. The van der Waals surface area contributed by atoms with Gasteiger partial charge in [-0.1, -0.05) is 30.3 Å². The summed E-state index contributed by atoms with van der Waals surface area (Å²) in [6.45, 7) is -0.648. The smallest absolute Gasteiger partial charge is 0.422 e. The minimum absolute atomic E-state index is 0.112. The van der Waals surface area contributed by atoms with Crippen molar-refractivity contribution in [1.29, 1.82) is 0 Å². The third-order valence-electron chi connectivity index (χ3n) is 3.15. The lowest BCUT2D eigenvalue weighted by Gasteiger charge is -2.11. The van der Waals surface area contributed by atoms with E-state index in [2.05, 4.69) is 15.4 Å². The van der Waals surface area contributed by atoms with Crippen LogP contribution in [-0.2, 0) is 6.54 Å². The Balaban J connectivity index is 1.67. The van der Waals surface area contributed by atoms with E-state index in [0.29, 0.717) is 12.1 Å². The van der Waals surface area contributed by atoms with Crippen LogP contribution in [0.1, 0.15) is 5.56 Å². The molecule has 0 radical (unpaired) electrons. The van der Waals surface area contributed by atoms with Crippen molar-refractivity contribution in [1.82, 2.24) is 10.6 Å². The third kappa shape index (κ3) is 8.15. The zero-order valence-electron chi connectivity index (χ0n) is 13.9. The molecule has 0 atom stereocenters. The molecule has 0 aliphatic heterocycles. The van der Waals surface area contributed by atoms with E-state index in [-0.39, 0.29) is 18.3 Å². The van der Waals surface area contributed by atoms with Gasteiger partial charge in [-0.25, -0.2) is 4.79 Å². The van der Waals surface area contributed by atoms with E-state index >= 15 is 0 Å². The molecule has 26 heavy (non-hydrogen) atoms. The SMILES string of the molecule is O=C(NCCSc1ccccc1)NCc1cccc(OCC(F)(F)F)c1. The Kier molecular flexibility index (Phi) is 7.65. The number of urea groups is 1. The predicted octanol–water partition coefficient (Wildman–Crippen LogP) is 4.22. The average molecular weight is 384 g/mol. The maximum absolute atomic E-state index is 12.2. The Labute approximate surface area is 154 Å². The van der Waals surface area contributed by atoms with E-state index in [9.17, 15) is 18.0 Å². The first-order valence-electron chi connectivity index (χ1n) is 7.90. The normalized spacial score (nSPS) is 11.0. The van der Waals surface area contributed by atoms with Gasteiger partial charge >= 0.3 is 12.2 Å². The summed E-state index contributed by atoms with van der Waals surface area (Å²) in [5.74, 6) is 0.847. The third-order valence-corrected chi connectivity index (χ3v) is 4.17. The Morgan fingerprint density at radius 1 is 1.04 bits per heavy atom. The van der Waals surface area contributed by atoms with Gasteiger partial charge in [-0.3, -0.25) is 0 Å². The fourth-order valence-electron chi connectivity index (χ4n) is 2.01. The number of carbonyl (C=O) groups is 1. The summed E-state index contributed by atoms with van der Waals surface area (Å²) in [6, 6.07) is 15.7. The van der Waals surface area contributed by atoms with Crippen molar-refractivity contribution in [2.24, 2.45) is 0 Å². The lowest BCUT2D eigenvalue weighted by molar-refractivity contribution is -0.153. The van der Waals surface area contributed by atoms with Crippen molar-refractivity contribution in [3.05, 3.63) is 60.2 Å². The van der Waals surface area contributed by atoms with Crippen LogP contribution in [-0.4, -0.2) is 31.1 Å². The van der Waals surface area contributed by atoms with Crippen LogP contribution in [0.25, 0.3) is 0 Å². The molecular weight excluding hydrogens is 365 g/mol. The molecule has 0 fully saturated rings. The molecule has 2 rings (SSSR count). The number of nitrogens with one attached hydrogen (secondary N) is 2. The summed E-state index contributed by atoms with van der Waals surface area (Å²) in [6.07, 6.45) is -4.38. The average Bonchev–Trinajstić information content (AvgIpc) is 2.62. The van der Waals surface area contributed by atoms with Crippen molar-refractivity contribution < 1.29 is 22.7 Å². The molecule has 0 aliphatic carbocycles. The topological polar surface area (TPSA) is 50.4 Å². The highest BCUT2D eigenvalue weighted by Crippen LogP contribution is 2.19. The van der Waals surface area contributed by atoms with Crippen LogP contribution in [0, 0.1) is 0 Å². The lowest BCUT2D eigenvalue weighted by atomic mass is 10.2. The molecule has 0 saturated heterocycles.